The van der Waals surface area contributed by atoms with Gasteiger partial charge in [-0.2, -0.15) is 0 Å². The molecule has 0 radical (unpaired) electrons. The van der Waals surface area contributed by atoms with Gasteiger partial charge in [-0.3, -0.25) is 9.69 Å². The number of rotatable bonds is 2. The number of carbonyl (C=O) groups is 2. The lowest BCUT2D eigenvalue weighted by Gasteiger charge is -2.33. The Morgan fingerprint density at radius 2 is 2.12 bits per heavy atom. The standard InChI is InChI=1S/C11H11IN2O3/c1-14(9-6-13-10(9)15)11(16)17-8-4-2-7(12)3-5-8/h2-5,9H,6H2,1H3,(H,13,15)/t9-/m0/s1. The number of nitrogens with one attached hydrogen (secondary N) is 1. The van der Waals surface area contributed by atoms with Crippen LogP contribution in [0.15, 0.2) is 24.3 Å². The summed E-state index contributed by atoms with van der Waals surface area (Å²) in [5, 5.41) is 2.58. The topological polar surface area (TPSA) is 58.6 Å². The molecular weight excluding hydrogens is 335 g/mol. The van der Waals surface area contributed by atoms with Gasteiger partial charge in [-0.15, -0.1) is 0 Å². The predicted molar refractivity (Wildman–Crippen MR) is 69.7 cm³/mol. The minimum absolute atomic E-state index is 0.146. The van der Waals surface area contributed by atoms with Gasteiger partial charge in [0.05, 0.1) is 0 Å². The van der Waals surface area contributed by atoms with Gasteiger partial charge in [0, 0.05) is 17.2 Å². The van der Waals surface area contributed by atoms with Crippen LogP contribution >= 0.6 is 22.6 Å². The molecule has 0 unspecified atom stereocenters. The van der Waals surface area contributed by atoms with Crippen molar-refractivity contribution in [3.63, 3.8) is 0 Å². The highest BCUT2D eigenvalue weighted by molar-refractivity contribution is 14.1. The van der Waals surface area contributed by atoms with E-state index in [0.717, 1.165) is 3.57 Å². The number of hydrogen-bond acceptors (Lipinski definition) is 3. The zero-order valence-electron chi connectivity index (χ0n) is 9.14. The Morgan fingerprint density at radius 1 is 1.47 bits per heavy atom. The molecule has 0 aliphatic carbocycles. The van der Waals surface area contributed by atoms with Gasteiger partial charge in [-0.25, -0.2) is 4.79 Å². The molecule has 0 aromatic heterocycles. The van der Waals surface area contributed by atoms with Gasteiger partial charge in [-0.05, 0) is 46.9 Å². The van der Waals surface area contributed by atoms with Crippen LogP contribution in [0.1, 0.15) is 0 Å². The first-order valence-electron chi connectivity index (χ1n) is 5.06. The number of benzene rings is 1. The van der Waals surface area contributed by atoms with Crippen molar-refractivity contribution >= 4 is 34.6 Å². The smallest absolute Gasteiger partial charge is 0.410 e. The third kappa shape index (κ3) is 2.68. The molecular formula is C11H11IN2O3. The highest BCUT2D eigenvalue weighted by Gasteiger charge is 2.34. The molecule has 1 N–H and O–H groups in total. The van der Waals surface area contributed by atoms with Crippen LogP contribution in [0, 0.1) is 3.57 Å². The van der Waals surface area contributed by atoms with Crippen LogP contribution in [0.5, 0.6) is 5.75 Å². The van der Waals surface area contributed by atoms with E-state index in [9.17, 15) is 9.59 Å². The molecule has 1 aromatic carbocycles. The van der Waals surface area contributed by atoms with E-state index >= 15 is 0 Å². The highest BCUT2D eigenvalue weighted by Crippen LogP contribution is 2.15. The van der Waals surface area contributed by atoms with Gasteiger partial charge in [-0.1, -0.05) is 0 Å². The predicted octanol–water partition coefficient (Wildman–Crippen LogP) is 1.22. The van der Waals surface area contributed by atoms with E-state index in [1.807, 2.05) is 12.1 Å². The van der Waals surface area contributed by atoms with E-state index in [1.165, 1.54) is 4.90 Å². The monoisotopic (exact) mass is 346 g/mol. The van der Waals surface area contributed by atoms with Crippen molar-refractivity contribution in [2.24, 2.45) is 0 Å². The van der Waals surface area contributed by atoms with Crippen LogP contribution in [-0.4, -0.2) is 36.5 Å². The molecule has 1 aliphatic rings. The summed E-state index contributed by atoms with van der Waals surface area (Å²) >= 11 is 2.17. The van der Waals surface area contributed by atoms with Crippen molar-refractivity contribution in [3.05, 3.63) is 27.8 Å². The van der Waals surface area contributed by atoms with E-state index in [-0.39, 0.29) is 5.91 Å². The number of hydrogen-bond donors (Lipinski definition) is 1. The molecule has 6 heteroatoms. The van der Waals surface area contributed by atoms with Crippen LogP contribution in [-0.2, 0) is 4.79 Å². The summed E-state index contributed by atoms with van der Waals surface area (Å²) in [6.07, 6.45) is -0.522. The number of ether oxygens (including phenoxy) is 1. The van der Waals surface area contributed by atoms with Gasteiger partial charge in [0.25, 0.3) is 0 Å². The molecule has 0 bridgehead atoms. The molecule has 17 heavy (non-hydrogen) atoms. The normalized spacial score (nSPS) is 18.0. The number of β-lactam (4-membered cyclic amide) rings is 1. The van der Waals surface area contributed by atoms with Gasteiger partial charge in [0.2, 0.25) is 5.91 Å². The summed E-state index contributed by atoms with van der Waals surface area (Å²) in [4.78, 5) is 24.1. The lowest BCUT2D eigenvalue weighted by Crippen LogP contribution is -2.62. The van der Waals surface area contributed by atoms with Gasteiger partial charge >= 0.3 is 6.09 Å². The lowest BCUT2D eigenvalue weighted by atomic mass is 10.1. The summed E-state index contributed by atoms with van der Waals surface area (Å²) in [7, 11) is 1.55. The SMILES string of the molecule is CN(C(=O)Oc1ccc(I)cc1)[C@H]1CNC1=O. The number of carbonyl (C=O) groups excluding carboxylic acids is 2. The molecule has 1 saturated heterocycles. The second kappa shape index (κ2) is 4.91. The largest absolute Gasteiger partial charge is 0.415 e. The second-order valence-electron chi connectivity index (χ2n) is 3.69. The Morgan fingerprint density at radius 3 is 2.59 bits per heavy atom. The zero-order valence-corrected chi connectivity index (χ0v) is 11.3. The average Bonchev–Trinajstić information content (AvgIpc) is 2.30. The maximum atomic E-state index is 11.7. The molecule has 1 fully saturated rings. The number of likely N-dealkylation sites (N-methyl/N-ethyl adjacent to an activating group) is 1. The summed E-state index contributed by atoms with van der Waals surface area (Å²) in [6.45, 7) is 0.483. The van der Waals surface area contributed by atoms with Crippen molar-refractivity contribution in [1.82, 2.24) is 10.2 Å². The Balaban J connectivity index is 1.96. The molecule has 2 amide bonds. The highest BCUT2D eigenvalue weighted by atomic mass is 127. The fourth-order valence-electron chi connectivity index (χ4n) is 1.39. The van der Waals surface area contributed by atoms with E-state index in [2.05, 4.69) is 27.9 Å². The van der Waals surface area contributed by atoms with Crippen LogP contribution in [0.4, 0.5) is 4.79 Å². The first-order chi connectivity index (χ1) is 8.08. The van der Waals surface area contributed by atoms with Gasteiger partial charge < -0.3 is 10.1 Å². The Kier molecular flexibility index (Phi) is 3.51. The summed E-state index contributed by atoms with van der Waals surface area (Å²) in [5.74, 6) is 0.328. The molecule has 1 aromatic rings. The quantitative estimate of drug-likeness (QED) is 0.647. The van der Waals surface area contributed by atoms with E-state index in [4.69, 9.17) is 4.74 Å². The van der Waals surface area contributed by atoms with Crippen LogP contribution in [0.3, 0.4) is 0 Å². The second-order valence-corrected chi connectivity index (χ2v) is 4.94. The fourth-order valence-corrected chi connectivity index (χ4v) is 1.75. The number of amides is 2. The van der Waals surface area contributed by atoms with E-state index in [0.29, 0.717) is 12.3 Å². The molecule has 0 spiro atoms. The van der Waals surface area contributed by atoms with Crippen LogP contribution < -0.4 is 10.1 Å². The maximum absolute atomic E-state index is 11.7. The summed E-state index contributed by atoms with van der Waals surface area (Å²) in [5.41, 5.74) is 0. The molecule has 0 saturated carbocycles. The van der Waals surface area contributed by atoms with Crippen molar-refractivity contribution in [2.75, 3.05) is 13.6 Å². The lowest BCUT2D eigenvalue weighted by molar-refractivity contribution is -0.131. The van der Waals surface area contributed by atoms with E-state index < -0.39 is 12.1 Å². The van der Waals surface area contributed by atoms with Gasteiger partial charge in [0.15, 0.2) is 0 Å². The third-order valence-electron chi connectivity index (χ3n) is 2.55. The van der Waals surface area contributed by atoms with Crippen molar-refractivity contribution in [2.45, 2.75) is 6.04 Å². The zero-order chi connectivity index (χ0) is 12.4. The molecule has 2 rings (SSSR count). The Labute approximate surface area is 112 Å². The first-order valence-corrected chi connectivity index (χ1v) is 6.14. The third-order valence-corrected chi connectivity index (χ3v) is 3.27. The minimum Gasteiger partial charge on any atom is -0.410 e. The van der Waals surface area contributed by atoms with Crippen molar-refractivity contribution in [1.29, 1.82) is 0 Å². The molecule has 1 atom stereocenters. The van der Waals surface area contributed by atoms with Crippen molar-refractivity contribution < 1.29 is 14.3 Å². The average molecular weight is 346 g/mol. The summed E-state index contributed by atoms with van der Waals surface area (Å²) < 4.78 is 6.20. The molecule has 1 heterocycles. The Bertz CT molecular complexity index is 447. The van der Waals surface area contributed by atoms with Crippen LogP contribution in [0.25, 0.3) is 0 Å². The Hall–Kier alpha value is -1.31. The maximum Gasteiger partial charge on any atom is 0.415 e. The minimum atomic E-state index is -0.522. The molecule has 90 valence electrons. The first kappa shape index (κ1) is 12.2. The number of nitrogens with zero attached hydrogens (tertiary/aromatic N) is 1. The van der Waals surface area contributed by atoms with Crippen LogP contribution in [0.2, 0.25) is 0 Å². The summed E-state index contributed by atoms with van der Waals surface area (Å²) in [6, 6.07) is 6.72. The number of halogens is 1. The van der Waals surface area contributed by atoms with E-state index in [1.54, 1.807) is 19.2 Å². The van der Waals surface area contributed by atoms with Gasteiger partial charge in [0.1, 0.15) is 11.8 Å². The molecule has 5 nitrogen and oxygen atoms in total. The fraction of sp³-hybridized carbons (Fsp3) is 0.273. The molecule has 1 aliphatic heterocycles. The van der Waals surface area contributed by atoms with Crippen molar-refractivity contribution in [3.8, 4) is 5.75 Å².